The highest BCUT2D eigenvalue weighted by Crippen LogP contribution is 2.30. The van der Waals surface area contributed by atoms with E-state index in [1.54, 1.807) is 16.8 Å². The Hall–Kier alpha value is -3.20. The third kappa shape index (κ3) is 8.65. The molecule has 0 bridgehead atoms. The van der Waals surface area contributed by atoms with Crippen molar-refractivity contribution in [2.75, 3.05) is 40.6 Å². The van der Waals surface area contributed by atoms with Gasteiger partial charge in [-0.3, -0.25) is 9.59 Å². The predicted molar refractivity (Wildman–Crippen MR) is 141 cm³/mol. The van der Waals surface area contributed by atoms with Crippen LogP contribution in [0.2, 0.25) is 0 Å². The number of hydrogen-bond acceptors (Lipinski definition) is 12. The molecule has 0 saturated heterocycles. The lowest BCUT2D eigenvalue weighted by Crippen LogP contribution is -2.52. The molecule has 0 radical (unpaired) electrons. The number of para-hydroxylation sites is 1. The first-order valence-electron chi connectivity index (χ1n) is 13.1. The van der Waals surface area contributed by atoms with Gasteiger partial charge in [-0.15, -0.1) is 5.10 Å². The van der Waals surface area contributed by atoms with Crippen LogP contribution in [0.5, 0.6) is 5.75 Å². The van der Waals surface area contributed by atoms with E-state index in [9.17, 15) is 19.4 Å². The van der Waals surface area contributed by atoms with Crippen molar-refractivity contribution in [3.8, 4) is 5.75 Å². The van der Waals surface area contributed by atoms with Crippen LogP contribution in [-0.2, 0) is 38.4 Å². The monoisotopic (exact) mass is 544 g/mol. The predicted octanol–water partition coefficient (Wildman–Crippen LogP) is 0.0955. The van der Waals surface area contributed by atoms with Gasteiger partial charge in [-0.2, -0.15) is 0 Å². The summed E-state index contributed by atoms with van der Waals surface area (Å²) in [7, 11) is 2.59. The average Bonchev–Trinajstić information content (AvgIpc) is 3.35. The van der Waals surface area contributed by atoms with Gasteiger partial charge >= 0.3 is 13.1 Å². The highest BCUT2D eigenvalue weighted by molar-refractivity contribution is 6.46. The Balaban J connectivity index is 1.51. The first-order valence-corrected chi connectivity index (χ1v) is 13.1. The third-order valence-electron chi connectivity index (χ3n) is 6.58. The number of carbonyl (C=O) groups excluding carboxylic acids is 3. The third-order valence-corrected chi connectivity index (χ3v) is 6.58. The molecule has 2 heterocycles. The minimum atomic E-state index is -1.29. The largest absolute Gasteiger partial charge is 0.541 e. The Labute approximate surface area is 228 Å². The second-order valence-electron chi connectivity index (χ2n) is 9.71. The molecule has 0 amide bonds. The van der Waals surface area contributed by atoms with Crippen LogP contribution < -0.4 is 9.97 Å². The van der Waals surface area contributed by atoms with E-state index in [-0.39, 0.29) is 55.2 Å². The number of rotatable bonds is 16. The van der Waals surface area contributed by atoms with E-state index < -0.39 is 19.0 Å². The zero-order valence-corrected chi connectivity index (χ0v) is 23.0. The van der Waals surface area contributed by atoms with Crippen molar-refractivity contribution in [1.29, 1.82) is 0 Å². The van der Waals surface area contributed by atoms with Crippen molar-refractivity contribution in [3.05, 3.63) is 35.2 Å². The quantitative estimate of drug-likeness (QED) is 0.127. The van der Waals surface area contributed by atoms with Crippen molar-refractivity contribution in [3.63, 3.8) is 0 Å². The lowest BCUT2D eigenvalue weighted by atomic mass is 9.72. The molecular weight excluding hydrogens is 507 g/mol. The number of tetrazole rings is 1. The summed E-state index contributed by atoms with van der Waals surface area (Å²) in [6, 6.07) is 4.99. The standard InChI is InChI=1S/C25H37BN6O7/c1-5-17(6-2)21(34)15-37-16-38-25(35)20-9-7-8-18-12-22(26(36)39-24(18)20)27-14-19(33)13-23-28-29-30-32(23)11-10-31(3)4/h7-9,17,22,27,36H,5-6,10-16H2,1-4H3/t22-/m0/s1. The number of hydrogen-bond donors (Lipinski definition) is 2. The number of nitrogens with one attached hydrogen (secondary N) is 1. The van der Waals surface area contributed by atoms with E-state index in [2.05, 4.69) is 20.8 Å². The summed E-state index contributed by atoms with van der Waals surface area (Å²) in [6.07, 6.45) is 1.84. The Morgan fingerprint density at radius 3 is 2.77 bits per heavy atom. The SMILES string of the molecule is CCC(CC)C(=O)COCOC(=O)c1cccc2c1OB(O)[C@@H](NCC(=O)Cc1nnnn1CCN(C)C)C2. The summed E-state index contributed by atoms with van der Waals surface area (Å²) in [5.41, 5.74) is 0.817. The fourth-order valence-electron chi connectivity index (χ4n) is 4.24. The van der Waals surface area contributed by atoms with E-state index in [1.807, 2.05) is 32.8 Å². The van der Waals surface area contributed by atoms with Crippen molar-refractivity contribution in [1.82, 2.24) is 30.4 Å². The lowest BCUT2D eigenvalue weighted by molar-refractivity contribution is -0.131. The van der Waals surface area contributed by atoms with Crippen LogP contribution >= 0.6 is 0 Å². The second kappa shape index (κ2) is 14.8. The number of esters is 1. The zero-order valence-electron chi connectivity index (χ0n) is 23.0. The van der Waals surface area contributed by atoms with Crippen LogP contribution in [0.25, 0.3) is 0 Å². The van der Waals surface area contributed by atoms with Crippen LogP contribution in [0, 0.1) is 5.92 Å². The molecule has 1 aliphatic rings. The number of likely N-dealkylation sites (N-methyl/N-ethyl adjacent to an activating group) is 1. The number of carbonyl (C=O) groups is 3. The van der Waals surface area contributed by atoms with Crippen molar-refractivity contribution in [2.24, 2.45) is 5.92 Å². The van der Waals surface area contributed by atoms with Gasteiger partial charge in [0.25, 0.3) is 0 Å². The highest BCUT2D eigenvalue weighted by Gasteiger charge is 2.37. The molecule has 13 nitrogen and oxygen atoms in total. The first-order chi connectivity index (χ1) is 18.7. The van der Waals surface area contributed by atoms with E-state index in [0.717, 1.165) is 19.4 Å². The minimum absolute atomic E-state index is 0.0182. The molecular formula is C25H37BN6O7. The summed E-state index contributed by atoms with van der Waals surface area (Å²) in [5.74, 6) is -0.819. The van der Waals surface area contributed by atoms with Crippen LogP contribution in [0.1, 0.15) is 48.4 Å². The highest BCUT2D eigenvalue weighted by atomic mass is 16.7. The maximum absolute atomic E-state index is 12.6. The number of fused-ring (bicyclic) bond motifs is 1. The van der Waals surface area contributed by atoms with Gasteiger partial charge < -0.3 is 29.4 Å². The molecule has 0 fully saturated rings. The Morgan fingerprint density at radius 1 is 1.28 bits per heavy atom. The normalized spacial score (nSPS) is 14.8. The molecule has 0 spiro atoms. The summed E-state index contributed by atoms with van der Waals surface area (Å²) >= 11 is 0. The molecule has 0 aliphatic carbocycles. The maximum atomic E-state index is 12.6. The molecule has 14 heteroatoms. The van der Waals surface area contributed by atoms with E-state index >= 15 is 0 Å². The molecule has 1 aliphatic heterocycles. The summed E-state index contributed by atoms with van der Waals surface area (Å²) in [4.78, 5) is 39.3. The fraction of sp³-hybridized carbons (Fsp3) is 0.600. The average molecular weight is 544 g/mol. The van der Waals surface area contributed by atoms with Crippen LogP contribution in [0.4, 0.5) is 0 Å². The summed E-state index contributed by atoms with van der Waals surface area (Å²) < 4.78 is 17.7. The number of nitrogens with zero attached hydrogens (tertiary/aromatic N) is 5. The van der Waals surface area contributed by atoms with Crippen molar-refractivity contribution >= 4 is 24.7 Å². The molecule has 212 valence electrons. The van der Waals surface area contributed by atoms with Crippen LogP contribution in [0.15, 0.2) is 18.2 Å². The lowest BCUT2D eigenvalue weighted by Gasteiger charge is -2.29. The molecule has 39 heavy (non-hydrogen) atoms. The zero-order chi connectivity index (χ0) is 28.4. The van der Waals surface area contributed by atoms with E-state index in [1.165, 1.54) is 6.07 Å². The van der Waals surface area contributed by atoms with Crippen LogP contribution in [0.3, 0.4) is 0 Å². The smallest absolute Gasteiger partial charge is 0.534 e. The minimum Gasteiger partial charge on any atom is -0.534 e. The molecule has 1 atom stereocenters. The molecule has 0 saturated carbocycles. The number of Topliss-reactive ketones (excluding diaryl/α,β-unsaturated/α-hetero) is 2. The molecule has 3 rings (SSSR count). The van der Waals surface area contributed by atoms with Crippen molar-refractivity contribution < 1.29 is 33.5 Å². The number of aromatic nitrogens is 4. The van der Waals surface area contributed by atoms with Gasteiger partial charge in [0.2, 0.25) is 0 Å². The van der Waals surface area contributed by atoms with Gasteiger partial charge in [-0.25, -0.2) is 9.48 Å². The molecule has 2 N–H and O–H groups in total. The summed E-state index contributed by atoms with van der Waals surface area (Å²) in [6.45, 7) is 4.66. The van der Waals surface area contributed by atoms with Gasteiger partial charge in [0, 0.05) is 12.5 Å². The van der Waals surface area contributed by atoms with Gasteiger partial charge in [0.1, 0.15) is 17.9 Å². The van der Waals surface area contributed by atoms with Gasteiger partial charge in [-0.1, -0.05) is 26.0 Å². The topological polar surface area (TPSA) is 158 Å². The fourth-order valence-corrected chi connectivity index (χ4v) is 4.24. The van der Waals surface area contributed by atoms with Gasteiger partial charge in [0.05, 0.1) is 25.5 Å². The Bertz CT molecular complexity index is 1120. The van der Waals surface area contributed by atoms with Gasteiger partial charge in [-0.05, 0) is 55.4 Å². The molecule has 2 aromatic rings. The molecule has 1 aromatic heterocycles. The number of ketones is 2. The Kier molecular flexibility index (Phi) is 11.5. The van der Waals surface area contributed by atoms with Crippen LogP contribution in [-0.4, -0.2) is 101 Å². The first kappa shape index (κ1) is 30.3. The van der Waals surface area contributed by atoms with Crippen molar-refractivity contribution in [2.45, 2.75) is 52.0 Å². The molecule has 1 aromatic carbocycles. The second-order valence-corrected chi connectivity index (χ2v) is 9.71. The Morgan fingerprint density at radius 2 is 2.05 bits per heavy atom. The molecule has 0 unspecified atom stereocenters. The van der Waals surface area contributed by atoms with E-state index in [4.69, 9.17) is 14.1 Å². The maximum Gasteiger partial charge on any atom is 0.541 e. The summed E-state index contributed by atoms with van der Waals surface area (Å²) in [5, 5.41) is 25.1. The van der Waals surface area contributed by atoms with E-state index in [0.29, 0.717) is 24.4 Å². The number of ether oxygens (including phenoxy) is 2. The van der Waals surface area contributed by atoms with Gasteiger partial charge in [0.15, 0.2) is 24.2 Å². The number of benzene rings is 1.